The first kappa shape index (κ1) is 22.1. The lowest BCUT2D eigenvalue weighted by molar-refractivity contribution is -0.629. The predicted octanol–water partition coefficient (Wildman–Crippen LogP) is 5.65. The summed E-state index contributed by atoms with van der Waals surface area (Å²) in [7, 11) is 0. The van der Waals surface area contributed by atoms with Gasteiger partial charge in [0.05, 0.1) is 0 Å². The van der Waals surface area contributed by atoms with Crippen LogP contribution in [0.3, 0.4) is 0 Å². The van der Waals surface area contributed by atoms with Gasteiger partial charge in [0.1, 0.15) is 5.75 Å². The molecule has 2 spiro atoms. The molecule has 2 heterocycles. The van der Waals surface area contributed by atoms with Gasteiger partial charge >= 0.3 is 0 Å². The van der Waals surface area contributed by atoms with Gasteiger partial charge < -0.3 is 5.11 Å². The van der Waals surface area contributed by atoms with E-state index in [9.17, 15) is 5.11 Å². The average molecular weight is 470 g/mol. The van der Waals surface area contributed by atoms with E-state index in [0.29, 0.717) is 23.5 Å². The maximum atomic E-state index is 10.7. The Morgan fingerprint density at radius 3 is 2.32 bits per heavy atom. The lowest BCUT2D eigenvalue weighted by Crippen LogP contribution is -2.68. The van der Waals surface area contributed by atoms with Gasteiger partial charge in [0.15, 0.2) is 0 Å². The molecule has 1 aromatic rings. The molecule has 6 heteroatoms. The summed E-state index contributed by atoms with van der Waals surface area (Å²) >= 11 is 0. The van der Waals surface area contributed by atoms with Gasteiger partial charge in [0.25, 0.3) is 0 Å². The second kappa shape index (κ2) is 8.45. The highest BCUT2D eigenvalue weighted by Crippen LogP contribution is 2.71. The Morgan fingerprint density at radius 2 is 1.62 bits per heavy atom. The first-order valence-corrected chi connectivity index (χ1v) is 13.8. The Kier molecular flexibility index (Phi) is 5.48. The van der Waals surface area contributed by atoms with E-state index >= 15 is 0 Å². The molecule has 1 atom stereocenters. The fourth-order valence-corrected chi connectivity index (χ4v) is 9.38. The molecule has 5 aliphatic carbocycles. The number of rotatable bonds is 3. The van der Waals surface area contributed by atoms with Crippen LogP contribution in [0.1, 0.15) is 87.7 Å². The summed E-state index contributed by atoms with van der Waals surface area (Å²) in [5.74, 6) is 3.08. The van der Waals surface area contributed by atoms with Crippen LogP contribution in [-0.4, -0.2) is 35.7 Å². The Balaban J connectivity index is 1.21. The zero-order valence-electron chi connectivity index (χ0n) is 20.3. The summed E-state index contributed by atoms with van der Waals surface area (Å²) in [6.07, 6.45) is 13.3. The quantitative estimate of drug-likeness (QED) is 0.577. The van der Waals surface area contributed by atoms with Crippen LogP contribution in [0.5, 0.6) is 5.75 Å². The Bertz CT molecular complexity index is 878. The van der Waals surface area contributed by atoms with Crippen LogP contribution in [-0.2, 0) is 26.1 Å². The molecule has 0 aromatic heterocycles. The number of benzene rings is 1. The second-order valence-electron chi connectivity index (χ2n) is 12.3. The Morgan fingerprint density at radius 1 is 0.912 bits per heavy atom. The predicted molar refractivity (Wildman–Crippen MR) is 125 cm³/mol. The van der Waals surface area contributed by atoms with Crippen molar-refractivity contribution in [2.24, 2.45) is 29.1 Å². The molecule has 0 amide bonds. The summed E-state index contributed by atoms with van der Waals surface area (Å²) in [6, 6.07) is 6.39. The fourth-order valence-electron chi connectivity index (χ4n) is 9.38. The monoisotopic (exact) mass is 469 g/mol. The number of phenols is 1. The van der Waals surface area contributed by atoms with Crippen molar-refractivity contribution in [2.45, 2.75) is 88.9 Å². The van der Waals surface area contributed by atoms with Gasteiger partial charge in [-0.05, 0) is 112 Å². The number of piperidine rings is 1. The van der Waals surface area contributed by atoms with Crippen molar-refractivity contribution in [1.29, 1.82) is 0 Å². The van der Waals surface area contributed by atoms with E-state index in [2.05, 4.69) is 17.0 Å². The van der Waals surface area contributed by atoms with Crippen molar-refractivity contribution in [2.75, 3.05) is 19.9 Å². The summed E-state index contributed by atoms with van der Waals surface area (Å²) in [6.45, 7) is 3.17. The number of phenolic OH excluding ortho intramolecular Hbond substituents is 1. The third-order valence-electron chi connectivity index (χ3n) is 10.6. The lowest BCUT2D eigenvalue weighted by Gasteiger charge is -2.68. The molecular formula is C28H39NO5. The minimum absolute atomic E-state index is 0.0413. The molecule has 1 aromatic carbocycles. The van der Waals surface area contributed by atoms with E-state index in [4.69, 9.17) is 19.6 Å². The van der Waals surface area contributed by atoms with Crippen LogP contribution in [0.25, 0.3) is 0 Å². The Hall–Kier alpha value is -1.18. The van der Waals surface area contributed by atoms with E-state index < -0.39 is 5.79 Å². The highest BCUT2D eigenvalue weighted by atomic mass is 17.4. The molecule has 186 valence electrons. The average Bonchev–Trinajstić information content (AvgIpc) is 2.86. The van der Waals surface area contributed by atoms with Crippen LogP contribution in [0.15, 0.2) is 18.2 Å². The fraction of sp³-hybridized carbons (Fsp3) is 0.786. The number of hydrogen-bond acceptors (Lipinski definition) is 6. The van der Waals surface area contributed by atoms with E-state index in [-0.39, 0.29) is 12.2 Å². The van der Waals surface area contributed by atoms with Crippen molar-refractivity contribution in [1.82, 2.24) is 4.90 Å². The maximum Gasteiger partial charge on any atom is 0.240 e. The van der Waals surface area contributed by atoms with Crippen LogP contribution in [0, 0.1) is 29.1 Å². The van der Waals surface area contributed by atoms with Crippen molar-refractivity contribution in [3.8, 4) is 5.75 Å². The number of nitrogens with zero attached hydrogens (tertiary/aromatic N) is 1. The number of hydrogen-bond donors (Lipinski definition) is 1. The van der Waals surface area contributed by atoms with Crippen LogP contribution >= 0.6 is 0 Å². The van der Waals surface area contributed by atoms with E-state index in [1.165, 1.54) is 56.9 Å². The Labute approximate surface area is 202 Å². The molecule has 2 saturated heterocycles. The third kappa shape index (κ3) is 3.40. The smallest absolute Gasteiger partial charge is 0.240 e. The minimum atomic E-state index is -0.780. The molecule has 7 fully saturated rings. The molecule has 34 heavy (non-hydrogen) atoms. The van der Waals surface area contributed by atoms with Gasteiger partial charge in [-0.2, -0.15) is 9.78 Å². The van der Waals surface area contributed by atoms with Gasteiger partial charge in [0, 0.05) is 23.9 Å². The van der Waals surface area contributed by atoms with Crippen LogP contribution < -0.4 is 0 Å². The minimum Gasteiger partial charge on any atom is -0.508 e. The van der Waals surface area contributed by atoms with Crippen molar-refractivity contribution < 1.29 is 24.7 Å². The standard InChI is InChI=1S/C28H39NO5/c30-26-5-4-21(15-23(26)17-29-8-2-1-3-9-29)22-6-7-28(33-31-18-32-34-28)27(16-22)24-11-19-10-20(13-24)14-25(27)12-19/h4-5,15,19-20,22,24-25,30H,1-3,6-14,16-18H2. The lowest BCUT2D eigenvalue weighted by atomic mass is 9.40. The number of aromatic hydroxyl groups is 1. The summed E-state index contributed by atoms with van der Waals surface area (Å²) < 4.78 is 0. The zero-order valence-corrected chi connectivity index (χ0v) is 20.3. The highest BCUT2D eigenvalue weighted by molar-refractivity contribution is 5.38. The van der Waals surface area contributed by atoms with Gasteiger partial charge in [-0.25, -0.2) is 9.78 Å². The summed E-state index contributed by atoms with van der Waals surface area (Å²) in [5.41, 5.74) is 2.38. The summed E-state index contributed by atoms with van der Waals surface area (Å²) in [5, 5.41) is 10.7. The molecule has 6 nitrogen and oxygen atoms in total. The van der Waals surface area contributed by atoms with Gasteiger partial charge in [-0.15, -0.1) is 0 Å². The molecule has 4 bridgehead atoms. The maximum absolute atomic E-state index is 10.7. The van der Waals surface area contributed by atoms with Gasteiger partial charge in [0.2, 0.25) is 12.6 Å². The van der Waals surface area contributed by atoms with Crippen LogP contribution in [0.2, 0.25) is 0 Å². The molecule has 1 N–H and O–H groups in total. The topological polar surface area (TPSA) is 60.4 Å². The number of likely N-dealkylation sites (tertiary alicyclic amines) is 1. The van der Waals surface area contributed by atoms with Crippen molar-refractivity contribution in [3.05, 3.63) is 29.3 Å². The van der Waals surface area contributed by atoms with Crippen LogP contribution in [0.4, 0.5) is 0 Å². The highest BCUT2D eigenvalue weighted by Gasteiger charge is 2.71. The van der Waals surface area contributed by atoms with E-state index in [0.717, 1.165) is 56.3 Å². The normalized spacial score (nSPS) is 41.4. The molecule has 2 aliphatic heterocycles. The largest absolute Gasteiger partial charge is 0.508 e. The zero-order chi connectivity index (χ0) is 22.8. The van der Waals surface area contributed by atoms with Crippen molar-refractivity contribution >= 4 is 0 Å². The van der Waals surface area contributed by atoms with Gasteiger partial charge in [-0.1, -0.05) is 18.6 Å². The van der Waals surface area contributed by atoms with Crippen molar-refractivity contribution in [3.63, 3.8) is 0 Å². The molecular weight excluding hydrogens is 430 g/mol. The van der Waals surface area contributed by atoms with Gasteiger partial charge in [-0.3, -0.25) is 4.90 Å². The third-order valence-corrected chi connectivity index (χ3v) is 10.6. The first-order chi connectivity index (χ1) is 16.7. The molecule has 0 radical (unpaired) electrons. The van der Waals surface area contributed by atoms with E-state index in [1.54, 1.807) is 0 Å². The van der Waals surface area contributed by atoms with E-state index in [1.807, 2.05) is 6.07 Å². The molecule has 7 aliphatic rings. The summed E-state index contributed by atoms with van der Waals surface area (Å²) in [4.78, 5) is 25.7. The SMILES string of the molecule is Oc1ccc(C2CCC3(OOCOO3)C3(C2)C2CC4CC(C2)CC3C4)cc1CN1CCCCC1. The molecule has 5 saturated carbocycles. The molecule has 1 unspecified atom stereocenters. The second-order valence-corrected chi connectivity index (χ2v) is 12.3. The molecule has 8 rings (SSSR count). The first-order valence-electron chi connectivity index (χ1n) is 13.8.